The van der Waals surface area contributed by atoms with Crippen molar-refractivity contribution in [3.8, 4) is 5.75 Å². The number of nitrogens with one attached hydrogen (secondary N) is 2. The Morgan fingerprint density at radius 2 is 1.88 bits per heavy atom. The smallest absolute Gasteiger partial charge is 0.255 e. The summed E-state index contributed by atoms with van der Waals surface area (Å²) in [4.78, 5) is 24.7. The first kappa shape index (κ1) is 18.4. The van der Waals surface area contributed by atoms with Crippen molar-refractivity contribution in [3.63, 3.8) is 0 Å². The number of para-hydroxylation sites is 1. The highest BCUT2D eigenvalue weighted by Gasteiger charge is 2.16. The van der Waals surface area contributed by atoms with Crippen LogP contribution in [0.15, 0.2) is 42.5 Å². The fourth-order valence-corrected chi connectivity index (χ4v) is 2.20. The second-order valence-corrected chi connectivity index (χ2v) is 5.63. The molecule has 1 unspecified atom stereocenters. The van der Waals surface area contributed by atoms with Gasteiger partial charge >= 0.3 is 0 Å². The Kier molecular flexibility index (Phi) is 6.11. The van der Waals surface area contributed by atoms with E-state index in [1.807, 2.05) is 13.8 Å². The van der Waals surface area contributed by atoms with E-state index in [4.69, 9.17) is 4.74 Å². The summed E-state index contributed by atoms with van der Waals surface area (Å²) >= 11 is 0. The Hall–Kier alpha value is -2.89. The highest BCUT2D eigenvalue weighted by atomic mass is 19.1. The molecule has 0 spiro atoms. The minimum absolute atomic E-state index is 0.0203. The van der Waals surface area contributed by atoms with Gasteiger partial charge in [-0.15, -0.1) is 0 Å². The zero-order valence-electron chi connectivity index (χ0n) is 14.4. The molecule has 25 heavy (non-hydrogen) atoms. The predicted octanol–water partition coefficient (Wildman–Crippen LogP) is 3.61. The normalized spacial score (nSPS) is 11.5. The van der Waals surface area contributed by atoms with Crippen LogP contribution in [0, 0.1) is 5.82 Å². The molecule has 0 saturated heterocycles. The van der Waals surface area contributed by atoms with Gasteiger partial charge in [0.05, 0.1) is 18.4 Å². The van der Waals surface area contributed by atoms with Crippen LogP contribution in [0.2, 0.25) is 0 Å². The highest BCUT2D eigenvalue weighted by Crippen LogP contribution is 2.20. The maximum absolute atomic E-state index is 13.8. The van der Waals surface area contributed by atoms with E-state index in [-0.39, 0.29) is 23.3 Å². The molecule has 2 aromatic rings. The first-order valence-electron chi connectivity index (χ1n) is 8.01. The van der Waals surface area contributed by atoms with Crippen molar-refractivity contribution in [1.29, 1.82) is 0 Å². The minimum atomic E-state index is -0.627. The molecule has 5 nitrogen and oxygen atoms in total. The number of methoxy groups -OCH3 is 1. The predicted molar refractivity (Wildman–Crippen MR) is 94.6 cm³/mol. The Morgan fingerprint density at radius 3 is 2.52 bits per heavy atom. The first-order valence-corrected chi connectivity index (χ1v) is 8.01. The minimum Gasteiger partial charge on any atom is -0.494 e. The zero-order chi connectivity index (χ0) is 18.4. The maximum Gasteiger partial charge on any atom is 0.255 e. The summed E-state index contributed by atoms with van der Waals surface area (Å²) in [6, 6.07) is 10.6. The third-order valence-corrected chi connectivity index (χ3v) is 3.82. The molecule has 0 aliphatic rings. The number of amides is 2. The second kappa shape index (κ2) is 8.28. The molecule has 6 heteroatoms. The highest BCUT2D eigenvalue weighted by molar-refractivity contribution is 6.09. The third kappa shape index (κ3) is 4.56. The number of hydrogen-bond acceptors (Lipinski definition) is 3. The fourth-order valence-electron chi connectivity index (χ4n) is 2.20. The number of benzene rings is 2. The lowest BCUT2D eigenvalue weighted by atomic mass is 10.1. The summed E-state index contributed by atoms with van der Waals surface area (Å²) in [5.74, 6) is -1.35. The van der Waals surface area contributed by atoms with Crippen molar-refractivity contribution in [2.45, 2.75) is 26.3 Å². The molecule has 0 bridgehead atoms. The van der Waals surface area contributed by atoms with Crippen LogP contribution in [0.4, 0.5) is 10.1 Å². The van der Waals surface area contributed by atoms with E-state index in [2.05, 4.69) is 10.6 Å². The molecule has 0 aliphatic heterocycles. The number of hydrogen-bond donors (Lipinski definition) is 2. The molecule has 0 aliphatic carbocycles. The van der Waals surface area contributed by atoms with Crippen LogP contribution in [-0.2, 0) is 0 Å². The van der Waals surface area contributed by atoms with Gasteiger partial charge in [-0.3, -0.25) is 9.59 Å². The van der Waals surface area contributed by atoms with Crippen molar-refractivity contribution < 1.29 is 18.7 Å². The standard InChI is InChI=1S/C19H21FN2O3/c1-4-12(2)21-19(24)14-7-5-6-8-16(14)22-18(23)13-9-10-17(25-3)15(20)11-13/h5-12H,4H2,1-3H3,(H,21,24)(H,22,23). The first-order chi connectivity index (χ1) is 12.0. The quantitative estimate of drug-likeness (QED) is 0.841. The lowest BCUT2D eigenvalue weighted by Gasteiger charge is -2.15. The molecular formula is C19H21FN2O3. The van der Waals surface area contributed by atoms with Crippen molar-refractivity contribution in [2.75, 3.05) is 12.4 Å². The zero-order valence-corrected chi connectivity index (χ0v) is 14.4. The van der Waals surface area contributed by atoms with E-state index in [0.29, 0.717) is 11.3 Å². The summed E-state index contributed by atoms with van der Waals surface area (Å²) in [6.45, 7) is 3.87. The van der Waals surface area contributed by atoms with Crippen molar-refractivity contribution in [3.05, 3.63) is 59.4 Å². The molecule has 2 aromatic carbocycles. The summed E-state index contributed by atoms with van der Waals surface area (Å²) in [5, 5.41) is 5.51. The summed E-state index contributed by atoms with van der Waals surface area (Å²) in [7, 11) is 1.35. The van der Waals surface area contributed by atoms with E-state index < -0.39 is 11.7 Å². The Bertz CT molecular complexity index is 777. The molecule has 1 atom stereocenters. The van der Waals surface area contributed by atoms with Crippen LogP contribution in [0.1, 0.15) is 41.0 Å². The van der Waals surface area contributed by atoms with E-state index >= 15 is 0 Å². The molecule has 2 rings (SSSR count). The van der Waals surface area contributed by atoms with Gasteiger partial charge in [-0.25, -0.2) is 4.39 Å². The lowest BCUT2D eigenvalue weighted by Crippen LogP contribution is -2.32. The van der Waals surface area contributed by atoms with E-state index in [0.717, 1.165) is 12.5 Å². The van der Waals surface area contributed by atoms with Gasteiger partial charge in [0.15, 0.2) is 11.6 Å². The molecular weight excluding hydrogens is 323 g/mol. The van der Waals surface area contributed by atoms with E-state index in [1.54, 1.807) is 24.3 Å². The van der Waals surface area contributed by atoms with Crippen LogP contribution >= 0.6 is 0 Å². The van der Waals surface area contributed by atoms with Gasteiger partial charge in [0.1, 0.15) is 0 Å². The molecule has 0 saturated carbocycles. The summed E-state index contributed by atoms with van der Waals surface area (Å²) in [5.41, 5.74) is 0.852. The number of halogens is 1. The molecule has 0 heterocycles. The Balaban J connectivity index is 2.21. The molecule has 132 valence electrons. The maximum atomic E-state index is 13.8. The van der Waals surface area contributed by atoms with Gasteiger partial charge in [0.2, 0.25) is 0 Å². The SMILES string of the molecule is CCC(C)NC(=O)c1ccccc1NC(=O)c1ccc(OC)c(F)c1. The monoisotopic (exact) mass is 344 g/mol. The Morgan fingerprint density at radius 1 is 1.16 bits per heavy atom. The summed E-state index contributed by atoms with van der Waals surface area (Å²) < 4.78 is 18.6. The molecule has 2 amide bonds. The van der Waals surface area contributed by atoms with Crippen molar-refractivity contribution in [2.24, 2.45) is 0 Å². The molecule has 0 aromatic heterocycles. The number of carbonyl (C=O) groups is 2. The van der Waals surface area contributed by atoms with Gasteiger partial charge in [-0.2, -0.15) is 0 Å². The molecule has 0 fully saturated rings. The van der Waals surface area contributed by atoms with Gasteiger partial charge < -0.3 is 15.4 Å². The topological polar surface area (TPSA) is 67.4 Å². The largest absolute Gasteiger partial charge is 0.494 e. The lowest BCUT2D eigenvalue weighted by molar-refractivity contribution is 0.0940. The fraction of sp³-hybridized carbons (Fsp3) is 0.263. The molecule has 2 N–H and O–H groups in total. The number of anilines is 1. The molecule has 0 radical (unpaired) electrons. The summed E-state index contributed by atoms with van der Waals surface area (Å²) in [6.07, 6.45) is 0.797. The van der Waals surface area contributed by atoms with Gasteiger partial charge in [-0.1, -0.05) is 19.1 Å². The number of ether oxygens (including phenoxy) is 1. The van der Waals surface area contributed by atoms with E-state index in [1.165, 1.54) is 19.2 Å². The van der Waals surface area contributed by atoms with Crippen molar-refractivity contribution >= 4 is 17.5 Å². The van der Waals surface area contributed by atoms with E-state index in [9.17, 15) is 14.0 Å². The van der Waals surface area contributed by atoms with Crippen LogP contribution in [0.25, 0.3) is 0 Å². The van der Waals surface area contributed by atoms with Crippen LogP contribution in [0.5, 0.6) is 5.75 Å². The van der Waals surface area contributed by atoms with Crippen molar-refractivity contribution in [1.82, 2.24) is 5.32 Å². The number of rotatable bonds is 6. The van der Waals surface area contributed by atoms with Crippen LogP contribution in [0.3, 0.4) is 0 Å². The second-order valence-electron chi connectivity index (χ2n) is 5.63. The van der Waals surface area contributed by atoms with Gasteiger partial charge in [-0.05, 0) is 43.7 Å². The third-order valence-electron chi connectivity index (χ3n) is 3.82. The number of carbonyl (C=O) groups excluding carboxylic acids is 2. The average molecular weight is 344 g/mol. The average Bonchev–Trinajstić information content (AvgIpc) is 2.61. The van der Waals surface area contributed by atoms with Crippen LogP contribution in [-0.4, -0.2) is 25.0 Å². The van der Waals surface area contributed by atoms with Gasteiger partial charge in [0, 0.05) is 11.6 Å². The van der Waals surface area contributed by atoms with Crippen LogP contribution < -0.4 is 15.4 Å². The Labute approximate surface area is 146 Å². The van der Waals surface area contributed by atoms with Gasteiger partial charge in [0.25, 0.3) is 11.8 Å².